The van der Waals surface area contributed by atoms with E-state index < -0.39 is 16.5 Å². The van der Waals surface area contributed by atoms with Gasteiger partial charge in [0.25, 0.3) is 0 Å². The van der Waals surface area contributed by atoms with Crippen molar-refractivity contribution in [3.8, 4) is 0 Å². The Labute approximate surface area is 55.1 Å². The first kappa shape index (κ1) is 9.06. The lowest BCUT2D eigenvalue weighted by molar-refractivity contribution is -0.221. The SMILES string of the molecule is CCC=C(N(F)F)N(F)F. The van der Waals surface area contributed by atoms with Crippen LogP contribution in [0.1, 0.15) is 13.3 Å². The fourth-order valence-electron chi connectivity index (χ4n) is 0.378. The van der Waals surface area contributed by atoms with E-state index in [1.165, 1.54) is 6.92 Å². The van der Waals surface area contributed by atoms with Crippen LogP contribution in [0.2, 0.25) is 0 Å². The van der Waals surface area contributed by atoms with Gasteiger partial charge in [-0.1, -0.05) is 24.8 Å². The van der Waals surface area contributed by atoms with E-state index in [0.717, 1.165) is 0 Å². The Morgan fingerprint density at radius 3 is 1.70 bits per heavy atom. The lowest BCUT2D eigenvalue weighted by atomic mass is 10.4. The first-order valence-corrected chi connectivity index (χ1v) is 2.53. The Balaban J connectivity index is 4.12. The van der Waals surface area contributed by atoms with Crippen molar-refractivity contribution in [1.82, 2.24) is 10.7 Å². The molecule has 0 aliphatic rings. The molecule has 0 atom stereocenters. The molecule has 0 fully saturated rings. The second kappa shape index (κ2) is 3.97. The van der Waals surface area contributed by atoms with Gasteiger partial charge in [0.05, 0.1) is 0 Å². The van der Waals surface area contributed by atoms with E-state index in [9.17, 15) is 17.9 Å². The van der Waals surface area contributed by atoms with Crippen LogP contribution in [0.25, 0.3) is 0 Å². The standard InChI is InChI=1S/C4H6F4N2/c1-2-3-4(9(5)6)10(7)8/h3H,2H2,1H3. The van der Waals surface area contributed by atoms with Gasteiger partial charge in [-0.05, 0) is 23.2 Å². The smallest absolute Gasteiger partial charge is 0.0649 e. The van der Waals surface area contributed by atoms with E-state index in [2.05, 4.69) is 0 Å². The molecule has 0 aliphatic heterocycles. The first-order valence-electron chi connectivity index (χ1n) is 2.53. The van der Waals surface area contributed by atoms with Crippen molar-refractivity contribution in [2.75, 3.05) is 0 Å². The largest absolute Gasteiger partial charge is 0.230 e. The summed E-state index contributed by atoms with van der Waals surface area (Å²) in [5, 5.41) is -3.27. The highest BCUT2D eigenvalue weighted by molar-refractivity contribution is 4.89. The van der Waals surface area contributed by atoms with Gasteiger partial charge in [0, 0.05) is 0 Å². The van der Waals surface area contributed by atoms with Crippen LogP contribution in [-0.2, 0) is 0 Å². The highest BCUT2D eigenvalue weighted by Crippen LogP contribution is 2.13. The molecule has 0 saturated carbocycles. The highest BCUT2D eigenvalue weighted by atomic mass is 19.4. The summed E-state index contributed by atoms with van der Waals surface area (Å²) in [6, 6.07) is 0. The molecule has 0 heterocycles. The Morgan fingerprint density at radius 1 is 1.20 bits per heavy atom. The number of allylic oxidation sites excluding steroid dienone is 1. The van der Waals surface area contributed by atoms with Crippen molar-refractivity contribution in [2.45, 2.75) is 13.3 Å². The molecule has 0 rings (SSSR count). The van der Waals surface area contributed by atoms with E-state index in [1.54, 1.807) is 0 Å². The van der Waals surface area contributed by atoms with Gasteiger partial charge in [0.15, 0.2) is 0 Å². The average molecular weight is 158 g/mol. The summed E-state index contributed by atoms with van der Waals surface area (Å²) < 4.78 is 45.5. The van der Waals surface area contributed by atoms with Crippen LogP contribution in [0.3, 0.4) is 0 Å². The van der Waals surface area contributed by atoms with Crippen molar-refractivity contribution < 1.29 is 17.9 Å². The molecule has 0 N–H and O–H groups in total. The molecule has 2 nitrogen and oxygen atoms in total. The summed E-state index contributed by atoms with van der Waals surface area (Å²) in [6.07, 6.45) is 0.837. The van der Waals surface area contributed by atoms with Crippen LogP contribution in [0.5, 0.6) is 0 Å². The zero-order valence-corrected chi connectivity index (χ0v) is 5.19. The third kappa shape index (κ3) is 2.56. The van der Waals surface area contributed by atoms with Gasteiger partial charge in [-0.2, -0.15) is 0 Å². The third-order valence-electron chi connectivity index (χ3n) is 0.733. The van der Waals surface area contributed by atoms with Gasteiger partial charge in [0.1, 0.15) is 0 Å². The fraction of sp³-hybridized carbons (Fsp3) is 0.500. The fourth-order valence-corrected chi connectivity index (χ4v) is 0.378. The Bertz CT molecular complexity index is 112. The number of halogens is 4. The maximum Gasteiger partial charge on any atom is 0.230 e. The summed E-state index contributed by atoms with van der Waals surface area (Å²) >= 11 is 0. The molecule has 0 aromatic heterocycles. The van der Waals surface area contributed by atoms with Crippen LogP contribution in [-0.4, -0.2) is 10.7 Å². The van der Waals surface area contributed by atoms with Crippen LogP contribution in [0, 0.1) is 0 Å². The maximum absolute atomic E-state index is 11.4. The van der Waals surface area contributed by atoms with Gasteiger partial charge in [-0.15, -0.1) is 0 Å². The molecule has 6 heteroatoms. The highest BCUT2D eigenvalue weighted by Gasteiger charge is 2.15. The van der Waals surface area contributed by atoms with Gasteiger partial charge < -0.3 is 0 Å². The molecule has 0 aromatic carbocycles. The molecular weight excluding hydrogens is 152 g/mol. The minimum absolute atomic E-state index is 0.129. The predicted octanol–water partition coefficient (Wildman–Crippen LogP) is 2.38. The second-order valence-corrected chi connectivity index (χ2v) is 1.44. The Morgan fingerprint density at radius 2 is 1.60 bits per heavy atom. The zero-order chi connectivity index (χ0) is 8.15. The summed E-state index contributed by atoms with van der Waals surface area (Å²) in [6.45, 7) is 1.48. The van der Waals surface area contributed by atoms with Gasteiger partial charge in [-0.3, -0.25) is 0 Å². The lowest BCUT2D eigenvalue weighted by Gasteiger charge is -2.06. The molecule has 0 unspecified atom stereocenters. The molecule has 0 saturated heterocycles. The van der Waals surface area contributed by atoms with Crippen molar-refractivity contribution in [1.29, 1.82) is 0 Å². The first-order chi connectivity index (χ1) is 4.59. The Hall–Kier alpha value is -0.940. The molecular formula is C4H6F4N2. The molecule has 60 valence electrons. The van der Waals surface area contributed by atoms with Crippen LogP contribution in [0.15, 0.2) is 11.9 Å². The molecule has 0 aliphatic carbocycles. The quantitative estimate of drug-likeness (QED) is 0.459. The van der Waals surface area contributed by atoms with Gasteiger partial charge >= 0.3 is 0 Å². The van der Waals surface area contributed by atoms with Crippen molar-refractivity contribution in [3.05, 3.63) is 11.9 Å². The molecule has 0 spiro atoms. The van der Waals surface area contributed by atoms with Crippen molar-refractivity contribution >= 4 is 0 Å². The molecule has 0 amide bonds. The van der Waals surface area contributed by atoms with Crippen LogP contribution in [0.4, 0.5) is 17.9 Å². The molecule has 0 aromatic rings. The summed E-state index contributed by atoms with van der Waals surface area (Å²) in [5.74, 6) is -1.40. The monoisotopic (exact) mass is 158 g/mol. The summed E-state index contributed by atoms with van der Waals surface area (Å²) in [5.41, 5.74) is 0. The van der Waals surface area contributed by atoms with Crippen LogP contribution >= 0.6 is 0 Å². The number of hydrogen-bond acceptors (Lipinski definition) is 2. The normalized spacial score (nSPS) is 8.90. The van der Waals surface area contributed by atoms with E-state index in [1.807, 2.05) is 0 Å². The molecule has 10 heavy (non-hydrogen) atoms. The molecule has 0 radical (unpaired) electrons. The summed E-state index contributed by atoms with van der Waals surface area (Å²) in [7, 11) is 0. The maximum atomic E-state index is 11.4. The van der Waals surface area contributed by atoms with Gasteiger partial charge in [0.2, 0.25) is 5.82 Å². The van der Waals surface area contributed by atoms with Gasteiger partial charge in [-0.25, -0.2) is 0 Å². The summed E-state index contributed by atoms with van der Waals surface area (Å²) in [4.78, 5) is 0. The molecule has 0 bridgehead atoms. The third-order valence-corrected chi connectivity index (χ3v) is 0.733. The lowest BCUT2D eigenvalue weighted by Crippen LogP contribution is -2.12. The number of rotatable bonds is 3. The topological polar surface area (TPSA) is 6.48 Å². The van der Waals surface area contributed by atoms with E-state index in [4.69, 9.17) is 0 Å². The van der Waals surface area contributed by atoms with E-state index in [0.29, 0.717) is 6.08 Å². The van der Waals surface area contributed by atoms with Crippen molar-refractivity contribution in [2.24, 2.45) is 0 Å². The number of hydrogen-bond donors (Lipinski definition) is 0. The minimum Gasteiger partial charge on any atom is -0.0649 e. The van der Waals surface area contributed by atoms with E-state index >= 15 is 0 Å². The van der Waals surface area contributed by atoms with Crippen LogP contribution < -0.4 is 0 Å². The van der Waals surface area contributed by atoms with E-state index in [-0.39, 0.29) is 6.42 Å². The predicted molar refractivity (Wildman–Crippen MR) is 26.5 cm³/mol. The minimum atomic E-state index is -1.64. The second-order valence-electron chi connectivity index (χ2n) is 1.44. The van der Waals surface area contributed by atoms with Crippen molar-refractivity contribution in [3.63, 3.8) is 0 Å². The number of nitrogens with zero attached hydrogens (tertiary/aromatic N) is 2. The average Bonchev–Trinajstić information content (AvgIpc) is 1.81. The zero-order valence-electron chi connectivity index (χ0n) is 5.19. The Kier molecular flexibility index (Phi) is 3.60.